The maximum atomic E-state index is 11.6. The largest absolute Gasteiger partial charge is 0.433 e. The molecule has 2 rings (SSSR count). The van der Waals surface area contributed by atoms with Gasteiger partial charge in [-0.05, 0) is 12.8 Å². The van der Waals surface area contributed by atoms with Crippen molar-refractivity contribution in [1.82, 2.24) is 15.1 Å². The van der Waals surface area contributed by atoms with Crippen LogP contribution in [-0.4, -0.2) is 61.9 Å². The first-order chi connectivity index (χ1) is 7.36. The van der Waals surface area contributed by atoms with Gasteiger partial charge in [-0.1, -0.05) is 0 Å². The highest BCUT2D eigenvalue weighted by Crippen LogP contribution is 2.07. The average Bonchev–Trinajstić information content (AvgIpc) is 2.80. The molecule has 15 heavy (non-hydrogen) atoms. The van der Waals surface area contributed by atoms with Gasteiger partial charge in [0, 0.05) is 39.3 Å². The Labute approximate surface area is 90.4 Å². The number of carbonyl (C=O) groups excluding carboxylic acids is 1. The van der Waals surface area contributed by atoms with Crippen LogP contribution in [0.25, 0.3) is 0 Å². The van der Waals surface area contributed by atoms with E-state index in [1.54, 1.807) is 4.90 Å². The van der Waals surface area contributed by atoms with E-state index in [1.807, 2.05) is 0 Å². The van der Waals surface area contributed by atoms with Gasteiger partial charge in [-0.15, -0.1) is 0 Å². The van der Waals surface area contributed by atoms with E-state index in [1.165, 1.54) is 12.8 Å². The molecule has 2 saturated heterocycles. The van der Waals surface area contributed by atoms with Gasteiger partial charge in [0.05, 0.1) is 0 Å². The lowest BCUT2D eigenvalue weighted by Gasteiger charge is -2.27. The molecule has 0 aromatic carbocycles. The fraction of sp³-hybridized carbons (Fsp3) is 0.900. The molecule has 0 aromatic heterocycles. The Morgan fingerprint density at radius 2 is 1.80 bits per heavy atom. The third-order valence-corrected chi connectivity index (χ3v) is 2.94. The topological polar surface area (TPSA) is 44.8 Å². The molecule has 0 bridgehead atoms. The number of rotatable bonds is 2. The average molecular weight is 213 g/mol. The number of nitrogens with zero attached hydrogens (tertiary/aromatic N) is 2. The molecule has 0 radical (unpaired) electrons. The van der Waals surface area contributed by atoms with Crippen LogP contribution in [0.5, 0.6) is 0 Å². The molecule has 0 spiro atoms. The lowest BCUT2D eigenvalue weighted by atomic mass is 10.4. The summed E-state index contributed by atoms with van der Waals surface area (Å²) in [6.07, 6.45) is 2.29. The van der Waals surface area contributed by atoms with Gasteiger partial charge in [-0.3, -0.25) is 4.90 Å². The van der Waals surface area contributed by atoms with E-state index >= 15 is 0 Å². The van der Waals surface area contributed by atoms with Crippen molar-refractivity contribution in [3.63, 3.8) is 0 Å². The zero-order valence-corrected chi connectivity index (χ0v) is 9.07. The first kappa shape index (κ1) is 10.7. The second kappa shape index (κ2) is 5.32. The fourth-order valence-corrected chi connectivity index (χ4v) is 2.00. The zero-order chi connectivity index (χ0) is 10.5. The van der Waals surface area contributed by atoms with E-state index in [-0.39, 0.29) is 6.09 Å². The van der Waals surface area contributed by atoms with Crippen LogP contribution in [0.2, 0.25) is 0 Å². The normalized spacial score (nSPS) is 23.1. The van der Waals surface area contributed by atoms with Crippen molar-refractivity contribution >= 4 is 6.09 Å². The van der Waals surface area contributed by atoms with Crippen LogP contribution < -0.4 is 5.32 Å². The van der Waals surface area contributed by atoms with Crippen molar-refractivity contribution in [2.45, 2.75) is 12.8 Å². The Hall–Kier alpha value is -0.810. The minimum atomic E-state index is -0.164. The molecule has 0 aromatic rings. The van der Waals surface area contributed by atoms with Crippen molar-refractivity contribution in [1.29, 1.82) is 0 Å². The van der Waals surface area contributed by atoms with Crippen molar-refractivity contribution in [2.24, 2.45) is 0 Å². The smallest absolute Gasteiger partial charge is 0.411 e. The quantitative estimate of drug-likeness (QED) is 0.705. The number of hydrogen-bond donors (Lipinski definition) is 1. The maximum absolute atomic E-state index is 11.6. The summed E-state index contributed by atoms with van der Waals surface area (Å²) in [6.45, 7) is 5.86. The van der Waals surface area contributed by atoms with E-state index in [0.717, 1.165) is 39.3 Å². The first-order valence-electron chi connectivity index (χ1n) is 5.71. The Bertz CT molecular complexity index is 211. The van der Waals surface area contributed by atoms with Crippen LogP contribution in [-0.2, 0) is 4.74 Å². The summed E-state index contributed by atoms with van der Waals surface area (Å²) in [5.74, 6) is 0. The van der Waals surface area contributed by atoms with Gasteiger partial charge < -0.3 is 15.0 Å². The molecule has 2 fully saturated rings. The molecule has 5 nitrogen and oxygen atoms in total. The number of nitrogens with one attached hydrogen (secondary N) is 1. The highest BCUT2D eigenvalue weighted by atomic mass is 16.6. The molecule has 0 aliphatic carbocycles. The van der Waals surface area contributed by atoms with Crippen LogP contribution in [0.15, 0.2) is 0 Å². The van der Waals surface area contributed by atoms with Crippen molar-refractivity contribution in [3.8, 4) is 0 Å². The molecule has 0 saturated carbocycles. The second-order valence-corrected chi connectivity index (χ2v) is 4.10. The second-order valence-electron chi connectivity index (χ2n) is 4.10. The van der Waals surface area contributed by atoms with Gasteiger partial charge in [0.15, 0.2) is 0 Å². The van der Waals surface area contributed by atoms with E-state index < -0.39 is 0 Å². The van der Waals surface area contributed by atoms with E-state index in [0.29, 0.717) is 6.73 Å². The summed E-state index contributed by atoms with van der Waals surface area (Å²) < 4.78 is 5.25. The monoisotopic (exact) mass is 213 g/mol. The summed E-state index contributed by atoms with van der Waals surface area (Å²) in [5, 5.41) is 3.21. The number of piperazine rings is 1. The molecule has 1 amide bonds. The fourth-order valence-electron chi connectivity index (χ4n) is 2.00. The summed E-state index contributed by atoms with van der Waals surface area (Å²) in [5.41, 5.74) is 0. The molecule has 2 aliphatic heterocycles. The predicted octanol–water partition coefficient (Wildman–Crippen LogP) is 0.0815. The van der Waals surface area contributed by atoms with Crippen molar-refractivity contribution in [2.75, 3.05) is 46.0 Å². The SMILES string of the molecule is O=C(OCN1CCCC1)N1CCNCC1. The van der Waals surface area contributed by atoms with Gasteiger partial charge in [0.2, 0.25) is 0 Å². The molecule has 2 aliphatic rings. The third kappa shape index (κ3) is 3.07. The predicted molar refractivity (Wildman–Crippen MR) is 56.6 cm³/mol. The third-order valence-electron chi connectivity index (χ3n) is 2.94. The zero-order valence-electron chi connectivity index (χ0n) is 9.07. The van der Waals surface area contributed by atoms with Crippen LogP contribution in [0.4, 0.5) is 4.79 Å². The van der Waals surface area contributed by atoms with Gasteiger partial charge in [0.1, 0.15) is 6.73 Å². The maximum Gasteiger partial charge on any atom is 0.411 e. The van der Waals surface area contributed by atoms with Crippen molar-refractivity contribution < 1.29 is 9.53 Å². The minimum Gasteiger partial charge on any atom is -0.433 e. The summed E-state index contributed by atoms with van der Waals surface area (Å²) in [4.78, 5) is 15.6. The summed E-state index contributed by atoms with van der Waals surface area (Å²) >= 11 is 0. The van der Waals surface area contributed by atoms with Gasteiger partial charge in [0.25, 0.3) is 0 Å². The van der Waals surface area contributed by atoms with Gasteiger partial charge in [-0.2, -0.15) is 0 Å². The van der Waals surface area contributed by atoms with Gasteiger partial charge >= 0.3 is 6.09 Å². The lowest BCUT2D eigenvalue weighted by molar-refractivity contribution is 0.0512. The Morgan fingerprint density at radius 3 is 2.47 bits per heavy atom. The Balaban J connectivity index is 1.66. The molecule has 0 atom stereocenters. The van der Waals surface area contributed by atoms with Gasteiger partial charge in [-0.25, -0.2) is 4.79 Å². The highest BCUT2D eigenvalue weighted by molar-refractivity contribution is 5.67. The Kier molecular flexibility index (Phi) is 3.80. The van der Waals surface area contributed by atoms with E-state index in [2.05, 4.69) is 10.2 Å². The number of carbonyl (C=O) groups is 1. The first-order valence-corrected chi connectivity index (χ1v) is 5.71. The molecular formula is C10H19N3O2. The van der Waals surface area contributed by atoms with Crippen molar-refractivity contribution in [3.05, 3.63) is 0 Å². The van der Waals surface area contributed by atoms with Crippen LogP contribution in [0.3, 0.4) is 0 Å². The Morgan fingerprint density at radius 1 is 1.13 bits per heavy atom. The molecule has 1 N–H and O–H groups in total. The van der Waals surface area contributed by atoms with Crippen LogP contribution in [0.1, 0.15) is 12.8 Å². The molecule has 5 heteroatoms. The lowest BCUT2D eigenvalue weighted by Crippen LogP contribution is -2.47. The van der Waals surface area contributed by atoms with E-state index in [4.69, 9.17) is 4.74 Å². The molecule has 0 unspecified atom stereocenters. The summed E-state index contributed by atoms with van der Waals surface area (Å²) in [6, 6.07) is 0. The molecular weight excluding hydrogens is 194 g/mol. The minimum absolute atomic E-state index is 0.164. The molecule has 2 heterocycles. The number of hydrogen-bond acceptors (Lipinski definition) is 4. The van der Waals surface area contributed by atoms with Crippen LogP contribution in [0, 0.1) is 0 Å². The highest BCUT2D eigenvalue weighted by Gasteiger charge is 2.19. The van der Waals surface area contributed by atoms with E-state index in [9.17, 15) is 4.79 Å². The molecule has 86 valence electrons. The number of amides is 1. The number of ether oxygens (including phenoxy) is 1. The standard InChI is InChI=1S/C10H19N3O2/c14-10(13-7-3-11-4-8-13)15-9-12-5-1-2-6-12/h11H,1-9H2. The summed E-state index contributed by atoms with van der Waals surface area (Å²) in [7, 11) is 0. The number of likely N-dealkylation sites (tertiary alicyclic amines) is 1. The van der Waals surface area contributed by atoms with Crippen LogP contribution >= 0.6 is 0 Å².